The maximum Gasteiger partial charge on any atom is 0.0570 e. The van der Waals surface area contributed by atoms with Gasteiger partial charge in [0.25, 0.3) is 0 Å². The standard InChI is InChI=1S/C6H14OS/c1-5(2)6(7)3-4-8/h5-8H,3-4H2,1-2H3. The average molecular weight is 134 g/mol. The summed E-state index contributed by atoms with van der Waals surface area (Å²) in [5.74, 6) is 1.15. The van der Waals surface area contributed by atoms with Crippen molar-refractivity contribution in [3.05, 3.63) is 0 Å². The van der Waals surface area contributed by atoms with Crippen LogP contribution < -0.4 is 0 Å². The third-order valence-corrected chi connectivity index (χ3v) is 1.45. The smallest absolute Gasteiger partial charge is 0.0570 e. The van der Waals surface area contributed by atoms with Gasteiger partial charge in [0.2, 0.25) is 0 Å². The van der Waals surface area contributed by atoms with Gasteiger partial charge in [-0.15, -0.1) is 0 Å². The van der Waals surface area contributed by atoms with E-state index in [-0.39, 0.29) is 6.10 Å². The molecule has 0 saturated heterocycles. The van der Waals surface area contributed by atoms with Gasteiger partial charge in [0.15, 0.2) is 0 Å². The van der Waals surface area contributed by atoms with Crippen molar-refractivity contribution in [1.82, 2.24) is 0 Å². The van der Waals surface area contributed by atoms with Gasteiger partial charge < -0.3 is 5.11 Å². The van der Waals surface area contributed by atoms with E-state index in [9.17, 15) is 0 Å². The van der Waals surface area contributed by atoms with Crippen molar-refractivity contribution in [1.29, 1.82) is 0 Å². The first-order valence-corrected chi connectivity index (χ1v) is 3.60. The minimum Gasteiger partial charge on any atom is -0.393 e. The average Bonchev–Trinajstić information content (AvgIpc) is 1.67. The van der Waals surface area contributed by atoms with Gasteiger partial charge in [-0.2, -0.15) is 12.6 Å². The Morgan fingerprint density at radius 1 is 1.50 bits per heavy atom. The molecule has 1 N–H and O–H groups in total. The summed E-state index contributed by atoms with van der Waals surface area (Å²) in [6.45, 7) is 4.02. The lowest BCUT2D eigenvalue weighted by Gasteiger charge is -2.11. The molecule has 0 fully saturated rings. The molecule has 1 unspecified atom stereocenters. The minimum absolute atomic E-state index is 0.160. The first kappa shape index (κ1) is 8.31. The molecule has 0 aromatic heterocycles. The Labute approximate surface area is 56.5 Å². The Balaban J connectivity index is 3.17. The van der Waals surface area contributed by atoms with E-state index in [1.165, 1.54) is 0 Å². The summed E-state index contributed by atoms with van der Waals surface area (Å²) in [6.07, 6.45) is 0.647. The highest BCUT2D eigenvalue weighted by Gasteiger charge is 2.05. The highest BCUT2D eigenvalue weighted by molar-refractivity contribution is 7.80. The van der Waals surface area contributed by atoms with Crippen LogP contribution >= 0.6 is 12.6 Å². The lowest BCUT2D eigenvalue weighted by atomic mass is 10.1. The molecule has 0 aliphatic rings. The predicted molar refractivity (Wildman–Crippen MR) is 39.3 cm³/mol. The van der Waals surface area contributed by atoms with Crippen LogP contribution in [-0.4, -0.2) is 17.0 Å². The molecule has 1 atom stereocenters. The first-order valence-electron chi connectivity index (χ1n) is 2.97. The second kappa shape index (κ2) is 4.21. The van der Waals surface area contributed by atoms with Gasteiger partial charge in [-0.05, 0) is 18.1 Å². The van der Waals surface area contributed by atoms with E-state index in [1.54, 1.807) is 0 Å². The van der Waals surface area contributed by atoms with Gasteiger partial charge in [-0.1, -0.05) is 13.8 Å². The molecule has 0 spiro atoms. The molecule has 0 saturated carbocycles. The number of hydrogen-bond acceptors (Lipinski definition) is 2. The normalized spacial score (nSPS) is 14.6. The van der Waals surface area contributed by atoms with Gasteiger partial charge in [0, 0.05) is 0 Å². The molecule has 0 aliphatic carbocycles. The van der Waals surface area contributed by atoms with Gasteiger partial charge in [0.1, 0.15) is 0 Å². The molecule has 0 radical (unpaired) electrons. The number of aliphatic hydroxyl groups is 1. The lowest BCUT2D eigenvalue weighted by Crippen LogP contribution is -2.14. The summed E-state index contributed by atoms with van der Waals surface area (Å²) >= 11 is 3.99. The van der Waals surface area contributed by atoms with E-state index >= 15 is 0 Å². The molecule has 50 valence electrons. The first-order chi connectivity index (χ1) is 3.68. The topological polar surface area (TPSA) is 20.2 Å². The van der Waals surface area contributed by atoms with Crippen molar-refractivity contribution in [2.24, 2.45) is 5.92 Å². The molecule has 0 bridgehead atoms. The number of hydrogen-bond donors (Lipinski definition) is 2. The Morgan fingerprint density at radius 3 is 2.12 bits per heavy atom. The van der Waals surface area contributed by atoms with Crippen molar-refractivity contribution in [3.63, 3.8) is 0 Å². The van der Waals surface area contributed by atoms with Crippen molar-refractivity contribution in [3.8, 4) is 0 Å². The van der Waals surface area contributed by atoms with Crippen LogP contribution in [0.15, 0.2) is 0 Å². The van der Waals surface area contributed by atoms with E-state index < -0.39 is 0 Å². The number of aliphatic hydroxyl groups excluding tert-OH is 1. The molecular weight excluding hydrogens is 120 g/mol. The summed E-state index contributed by atoms with van der Waals surface area (Å²) < 4.78 is 0. The molecule has 2 heteroatoms. The van der Waals surface area contributed by atoms with Crippen molar-refractivity contribution in [2.45, 2.75) is 26.4 Å². The van der Waals surface area contributed by atoms with E-state index in [1.807, 2.05) is 13.8 Å². The van der Waals surface area contributed by atoms with Crippen LogP contribution in [0.1, 0.15) is 20.3 Å². The molecule has 8 heavy (non-hydrogen) atoms. The zero-order chi connectivity index (χ0) is 6.57. The molecular formula is C6H14OS. The van der Waals surface area contributed by atoms with Crippen LogP contribution in [0.4, 0.5) is 0 Å². The molecule has 0 rings (SSSR count). The number of thiol groups is 1. The maximum atomic E-state index is 9.08. The van der Waals surface area contributed by atoms with E-state index in [0.29, 0.717) is 5.92 Å². The molecule has 0 aliphatic heterocycles. The van der Waals surface area contributed by atoms with Crippen LogP contribution in [0.25, 0.3) is 0 Å². The Bertz CT molecular complexity index is 54.5. The van der Waals surface area contributed by atoms with Crippen LogP contribution in [0, 0.1) is 5.92 Å². The largest absolute Gasteiger partial charge is 0.393 e. The molecule has 0 heterocycles. The molecule has 0 aromatic carbocycles. The SMILES string of the molecule is CC(C)C(O)CCS. The second-order valence-corrected chi connectivity index (χ2v) is 2.77. The quantitative estimate of drug-likeness (QED) is 0.558. The van der Waals surface area contributed by atoms with Gasteiger partial charge in [-0.25, -0.2) is 0 Å². The fourth-order valence-corrected chi connectivity index (χ4v) is 0.730. The molecule has 0 amide bonds. The van der Waals surface area contributed by atoms with Gasteiger partial charge >= 0.3 is 0 Å². The zero-order valence-corrected chi connectivity index (χ0v) is 6.36. The summed E-state index contributed by atoms with van der Waals surface area (Å²) in [4.78, 5) is 0. The zero-order valence-electron chi connectivity index (χ0n) is 5.46. The van der Waals surface area contributed by atoms with E-state index in [2.05, 4.69) is 12.6 Å². The fourth-order valence-electron chi connectivity index (χ4n) is 0.466. The third-order valence-electron chi connectivity index (χ3n) is 1.19. The van der Waals surface area contributed by atoms with E-state index in [4.69, 9.17) is 5.11 Å². The summed E-state index contributed by atoms with van der Waals surface area (Å²) in [7, 11) is 0. The van der Waals surface area contributed by atoms with Crippen molar-refractivity contribution >= 4 is 12.6 Å². The van der Waals surface area contributed by atoms with Crippen molar-refractivity contribution < 1.29 is 5.11 Å². The van der Waals surface area contributed by atoms with Crippen LogP contribution in [0.3, 0.4) is 0 Å². The van der Waals surface area contributed by atoms with Gasteiger partial charge in [-0.3, -0.25) is 0 Å². The highest BCUT2D eigenvalue weighted by atomic mass is 32.1. The molecule has 0 aromatic rings. The Morgan fingerprint density at radius 2 is 2.00 bits per heavy atom. The van der Waals surface area contributed by atoms with Crippen molar-refractivity contribution in [2.75, 3.05) is 5.75 Å². The summed E-state index contributed by atoms with van der Waals surface area (Å²) in [6, 6.07) is 0. The predicted octanol–water partition coefficient (Wildman–Crippen LogP) is 1.32. The van der Waals surface area contributed by atoms with E-state index in [0.717, 1.165) is 12.2 Å². The van der Waals surface area contributed by atoms with Crippen LogP contribution in [0.5, 0.6) is 0 Å². The van der Waals surface area contributed by atoms with Crippen LogP contribution in [0.2, 0.25) is 0 Å². The monoisotopic (exact) mass is 134 g/mol. The van der Waals surface area contributed by atoms with Crippen LogP contribution in [-0.2, 0) is 0 Å². The highest BCUT2D eigenvalue weighted by Crippen LogP contribution is 2.05. The second-order valence-electron chi connectivity index (χ2n) is 2.32. The lowest BCUT2D eigenvalue weighted by molar-refractivity contribution is 0.123. The minimum atomic E-state index is -0.160. The maximum absolute atomic E-state index is 9.08. The summed E-state index contributed by atoms with van der Waals surface area (Å²) in [5, 5.41) is 9.08. The third kappa shape index (κ3) is 3.33. The number of rotatable bonds is 3. The fraction of sp³-hybridized carbons (Fsp3) is 1.00. The van der Waals surface area contributed by atoms with Gasteiger partial charge in [0.05, 0.1) is 6.10 Å². The molecule has 1 nitrogen and oxygen atoms in total. The summed E-state index contributed by atoms with van der Waals surface area (Å²) in [5.41, 5.74) is 0. The Hall–Kier alpha value is 0.310. The Kier molecular flexibility index (Phi) is 4.38.